The van der Waals surface area contributed by atoms with Gasteiger partial charge in [-0.3, -0.25) is 4.68 Å². The normalized spacial score (nSPS) is 15.4. The predicted molar refractivity (Wildman–Crippen MR) is 112 cm³/mol. The number of amides is 1. The van der Waals surface area contributed by atoms with Crippen LogP contribution in [0.2, 0.25) is 0 Å². The van der Waals surface area contributed by atoms with Gasteiger partial charge in [0.1, 0.15) is 0 Å². The highest BCUT2D eigenvalue weighted by Gasteiger charge is 2.32. The minimum atomic E-state index is -4.46. The van der Waals surface area contributed by atoms with Crippen LogP contribution in [0.15, 0.2) is 18.6 Å². The van der Waals surface area contributed by atoms with E-state index in [1.54, 1.807) is 0 Å². The third-order valence-electron chi connectivity index (χ3n) is 5.53. The van der Waals surface area contributed by atoms with Crippen LogP contribution in [0.25, 0.3) is 0 Å². The minimum absolute atomic E-state index is 0.120. The zero-order valence-corrected chi connectivity index (χ0v) is 18.7. The van der Waals surface area contributed by atoms with Crippen LogP contribution in [0, 0.1) is 0 Å². The molecule has 3 rings (SSSR count). The summed E-state index contributed by atoms with van der Waals surface area (Å²) in [5.41, 5.74) is 0.617. The van der Waals surface area contributed by atoms with Crippen molar-refractivity contribution in [3.63, 3.8) is 0 Å². The molecule has 0 aliphatic carbocycles. The minimum Gasteiger partial charge on any atom is -0.465 e. The molecule has 8 nitrogen and oxygen atoms in total. The third kappa shape index (κ3) is 5.49. The van der Waals surface area contributed by atoms with Crippen LogP contribution in [0.4, 0.5) is 23.9 Å². The fourth-order valence-corrected chi connectivity index (χ4v) is 4.10. The first kappa shape index (κ1) is 23.8. The van der Waals surface area contributed by atoms with E-state index in [9.17, 15) is 23.1 Å². The number of carboxylic acid groups (broad SMARTS) is 1. The van der Waals surface area contributed by atoms with Crippen LogP contribution in [-0.4, -0.2) is 54.0 Å². The average molecular weight is 454 g/mol. The van der Waals surface area contributed by atoms with E-state index >= 15 is 0 Å². The average Bonchev–Trinajstić information content (AvgIpc) is 3.07. The Morgan fingerprint density at radius 2 is 1.91 bits per heavy atom. The SMILES string of the molecule is CC(CCCn1cc2c(n1)CCN(c1ncc(C(F)(F)F)cn1)C2)N(C(=O)O)C(C)(C)C. The van der Waals surface area contributed by atoms with Gasteiger partial charge in [-0.1, -0.05) is 0 Å². The highest BCUT2D eigenvalue weighted by Crippen LogP contribution is 2.29. The summed E-state index contributed by atoms with van der Waals surface area (Å²) in [6, 6.07) is -0.120. The lowest BCUT2D eigenvalue weighted by molar-refractivity contribution is -0.138. The Bertz CT molecular complexity index is 936. The van der Waals surface area contributed by atoms with Gasteiger partial charge >= 0.3 is 12.3 Å². The molecule has 0 bridgehead atoms. The van der Waals surface area contributed by atoms with Gasteiger partial charge in [-0.2, -0.15) is 18.3 Å². The van der Waals surface area contributed by atoms with Gasteiger partial charge in [-0.25, -0.2) is 14.8 Å². The molecule has 2 aromatic rings. The number of aromatic nitrogens is 4. The van der Waals surface area contributed by atoms with Crippen molar-refractivity contribution in [2.24, 2.45) is 0 Å². The molecule has 0 fully saturated rings. The van der Waals surface area contributed by atoms with E-state index in [1.807, 2.05) is 43.5 Å². The summed E-state index contributed by atoms with van der Waals surface area (Å²) >= 11 is 0. The van der Waals surface area contributed by atoms with Gasteiger partial charge < -0.3 is 14.9 Å². The Morgan fingerprint density at radius 1 is 1.25 bits per heavy atom. The second-order valence-corrected chi connectivity index (χ2v) is 9.12. The number of halogens is 3. The summed E-state index contributed by atoms with van der Waals surface area (Å²) in [5.74, 6) is 0.265. The molecular weight excluding hydrogens is 425 g/mol. The number of carbonyl (C=O) groups is 1. The largest absolute Gasteiger partial charge is 0.465 e. The lowest BCUT2D eigenvalue weighted by Crippen LogP contribution is -2.50. The molecule has 0 saturated heterocycles. The molecule has 0 aromatic carbocycles. The Labute approximate surface area is 185 Å². The first-order chi connectivity index (χ1) is 14.9. The quantitative estimate of drug-likeness (QED) is 0.704. The summed E-state index contributed by atoms with van der Waals surface area (Å²) in [6.45, 7) is 9.27. The maximum Gasteiger partial charge on any atom is 0.419 e. The van der Waals surface area contributed by atoms with Crippen LogP contribution < -0.4 is 4.90 Å². The fourth-order valence-electron chi connectivity index (χ4n) is 4.10. The fraction of sp³-hybridized carbons (Fsp3) is 0.619. The molecule has 3 heterocycles. The molecule has 1 amide bonds. The number of nitrogens with zero attached hydrogens (tertiary/aromatic N) is 6. The van der Waals surface area contributed by atoms with Gasteiger partial charge in [0, 0.05) is 61.8 Å². The molecule has 176 valence electrons. The van der Waals surface area contributed by atoms with Crippen molar-refractivity contribution in [2.75, 3.05) is 11.4 Å². The topological polar surface area (TPSA) is 87.4 Å². The Hall–Kier alpha value is -2.85. The van der Waals surface area contributed by atoms with Crippen LogP contribution >= 0.6 is 0 Å². The number of anilines is 1. The van der Waals surface area contributed by atoms with Crippen molar-refractivity contribution in [2.45, 2.75) is 77.8 Å². The number of alkyl halides is 3. The Kier molecular flexibility index (Phi) is 6.66. The number of aryl methyl sites for hydroxylation is 1. The van der Waals surface area contributed by atoms with Crippen LogP contribution in [0.1, 0.15) is 57.4 Å². The molecule has 2 aromatic heterocycles. The summed E-state index contributed by atoms with van der Waals surface area (Å²) < 4.78 is 40.0. The van der Waals surface area contributed by atoms with Gasteiger partial charge in [0.25, 0.3) is 0 Å². The number of hydrogen-bond acceptors (Lipinski definition) is 5. The summed E-state index contributed by atoms with van der Waals surface area (Å²) in [5, 5.41) is 14.1. The summed E-state index contributed by atoms with van der Waals surface area (Å²) in [7, 11) is 0. The summed E-state index contributed by atoms with van der Waals surface area (Å²) in [6.07, 6.45) is 0.300. The molecule has 32 heavy (non-hydrogen) atoms. The molecular formula is C21H29F3N6O2. The van der Waals surface area contributed by atoms with E-state index in [-0.39, 0.29) is 12.0 Å². The molecule has 1 atom stereocenters. The number of fused-ring (bicyclic) bond motifs is 1. The lowest BCUT2D eigenvalue weighted by Gasteiger charge is -2.38. The molecule has 1 unspecified atom stereocenters. The van der Waals surface area contributed by atoms with Crippen molar-refractivity contribution in [1.29, 1.82) is 0 Å². The van der Waals surface area contributed by atoms with Crippen molar-refractivity contribution >= 4 is 12.0 Å². The molecule has 1 aliphatic heterocycles. The van der Waals surface area contributed by atoms with Crippen molar-refractivity contribution in [3.8, 4) is 0 Å². The van der Waals surface area contributed by atoms with Gasteiger partial charge in [0.15, 0.2) is 0 Å². The van der Waals surface area contributed by atoms with Gasteiger partial charge in [0.05, 0.1) is 11.3 Å². The van der Waals surface area contributed by atoms with Gasteiger partial charge in [0.2, 0.25) is 5.95 Å². The number of rotatable bonds is 6. The highest BCUT2D eigenvalue weighted by atomic mass is 19.4. The maximum absolute atomic E-state index is 12.7. The Balaban J connectivity index is 1.58. The molecule has 0 saturated carbocycles. The third-order valence-corrected chi connectivity index (χ3v) is 5.53. The monoisotopic (exact) mass is 454 g/mol. The van der Waals surface area contributed by atoms with Crippen molar-refractivity contribution in [1.82, 2.24) is 24.6 Å². The van der Waals surface area contributed by atoms with Crippen molar-refractivity contribution in [3.05, 3.63) is 35.4 Å². The molecule has 1 aliphatic rings. The Morgan fingerprint density at radius 3 is 2.47 bits per heavy atom. The first-order valence-electron chi connectivity index (χ1n) is 10.6. The second-order valence-electron chi connectivity index (χ2n) is 9.12. The zero-order chi connectivity index (χ0) is 23.7. The van der Waals surface area contributed by atoms with Crippen molar-refractivity contribution < 1.29 is 23.1 Å². The van der Waals surface area contributed by atoms with Crippen LogP contribution in [0.3, 0.4) is 0 Å². The summed E-state index contributed by atoms with van der Waals surface area (Å²) in [4.78, 5) is 22.7. The van der Waals surface area contributed by atoms with E-state index in [4.69, 9.17) is 0 Å². The zero-order valence-electron chi connectivity index (χ0n) is 18.7. The smallest absolute Gasteiger partial charge is 0.419 e. The number of hydrogen-bond donors (Lipinski definition) is 1. The van der Waals surface area contributed by atoms with Gasteiger partial charge in [-0.05, 0) is 40.5 Å². The van der Waals surface area contributed by atoms with E-state index in [1.165, 1.54) is 4.90 Å². The van der Waals surface area contributed by atoms with E-state index < -0.39 is 23.4 Å². The molecule has 0 radical (unpaired) electrons. The second kappa shape index (κ2) is 8.95. The van der Waals surface area contributed by atoms with Gasteiger partial charge in [-0.15, -0.1) is 0 Å². The molecule has 1 N–H and O–H groups in total. The molecule has 0 spiro atoms. The standard InChI is InChI=1S/C21H29F3N6O2/c1-14(30(19(31)32)20(2,3)4)6-5-8-29-13-15-12-28(9-7-17(15)27-29)18-25-10-16(11-26-18)21(22,23)24/h10-11,13-14H,5-9,12H2,1-4H3,(H,31,32). The lowest BCUT2D eigenvalue weighted by atomic mass is 10.0. The van der Waals surface area contributed by atoms with E-state index in [2.05, 4.69) is 15.1 Å². The maximum atomic E-state index is 12.7. The highest BCUT2D eigenvalue weighted by molar-refractivity contribution is 5.66. The van der Waals surface area contributed by atoms with E-state index in [0.717, 1.165) is 30.1 Å². The van der Waals surface area contributed by atoms with E-state index in [0.29, 0.717) is 32.5 Å². The predicted octanol–water partition coefficient (Wildman–Crippen LogP) is 4.20. The van der Waals surface area contributed by atoms with Crippen LogP contribution in [-0.2, 0) is 25.7 Å². The first-order valence-corrected chi connectivity index (χ1v) is 10.6. The molecule has 11 heteroatoms. The van der Waals surface area contributed by atoms with Crippen LogP contribution in [0.5, 0.6) is 0 Å².